The molecule has 3 heterocycles. The number of thioether (sulfide) groups is 1. The number of nitrogens with one attached hydrogen (secondary N) is 1. The summed E-state index contributed by atoms with van der Waals surface area (Å²) in [5.41, 5.74) is 3.37. The van der Waals surface area contributed by atoms with Crippen LogP contribution in [0.25, 0.3) is 16.9 Å². The molecule has 0 spiro atoms. The van der Waals surface area contributed by atoms with Crippen molar-refractivity contribution in [1.29, 1.82) is 0 Å². The van der Waals surface area contributed by atoms with Crippen LogP contribution in [0.4, 0.5) is 16.0 Å². The van der Waals surface area contributed by atoms with E-state index in [1.54, 1.807) is 22.3 Å². The molecule has 1 aromatic carbocycles. The maximum absolute atomic E-state index is 12.9. The maximum atomic E-state index is 12.9. The number of hydrogen-bond donors (Lipinski definition) is 1. The average molecular weight is 351 g/mol. The van der Waals surface area contributed by atoms with Gasteiger partial charge in [0.2, 0.25) is 11.9 Å². The molecule has 5 nitrogen and oxygen atoms in total. The highest BCUT2D eigenvalue weighted by molar-refractivity contribution is 7.98. The molecule has 0 atom stereocenters. The van der Waals surface area contributed by atoms with Crippen molar-refractivity contribution < 1.29 is 4.39 Å². The molecule has 0 saturated heterocycles. The summed E-state index contributed by atoms with van der Waals surface area (Å²) in [5.74, 6) is -0.0913. The van der Waals surface area contributed by atoms with E-state index in [1.807, 2.05) is 36.6 Å². The van der Waals surface area contributed by atoms with Crippen molar-refractivity contribution in [2.75, 3.05) is 11.6 Å². The molecule has 0 aliphatic rings. The van der Waals surface area contributed by atoms with Crippen molar-refractivity contribution in [2.45, 2.75) is 4.90 Å². The second-order valence-electron chi connectivity index (χ2n) is 5.34. The van der Waals surface area contributed by atoms with Crippen LogP contribution in [0.2, 0.25) is 0 Å². The lowest BCUT2D eigenvalue weighted by atomic mass is 10.1. The molecule has 0 unspecified atom stereocenters. The van der Waals surface area contributed by atoms with E-state index >= 15 is 0 Å². The molecule has 4 aromatic rings. The average Bonchev–Trinajstić information content (AvgIpc) is 3.06. The molecule has 124 valence electrons. The minimum atomic E-state index is -0.524. The lowest BCUT2D eigenvalue weighted by molar-refractivity contribution is 0.584. The predicted octanol–water partition coefficient (Wildman–Crippen LogP) is 4.40. The number of hydrogen-bond acceptors (Lipinski definition) is 5. The van der Waals surface area contributed by atoms with Crippen LogP contribution in [0.5, 0.6) is 0 Å². The van der Waals surface area contributed by atoms with Gasteiger partial charge in [0.05, 0.1) is 17.6 Å². The number of aromatic nitrogens is 4. The van der Waals surface area contributed by atoms with Crippen LogP contribution in [-0.2, 0) is 0 Å². The molecular weight excluding hydrogens is 337 g/mol. The quantitative estimate of drug-likeness (QED) is 0.436. The van der Waals surface area contributed by atoms with E-state index < -0.39 is 5.95 Å². The van der Waals surface area contributed by atoms with Gasteiger partial charge in [-0.1, -0.05) is 18.2 Å². The summed E-state index contributed by atoms with van der Waals surface area (Å²) >= 11 is 1.70. The van der Waals surface area contributed by atoms with Gasteiger partial charge in [-0.15, -0.1) is 16.9 Å². The Labute approximate surface area is 147 Å². The lowest BCUT2D eigenvalue weighted by Crippen LogP contribution is -1.96. The molecule has 4 rings (SSSR count). The Kier molecular flexibility index (Phi) is 4.07. The van der Waals surface area contributed by atoms with Crippen molar-refractivity contribution in [1.82, 2.24) is 19.6 Å². The summed E-state index contributed by atoms with van der Waals surface area (Å²) in [4.78, 5) is 9.28. The van der Waals surface area contributed by atoms with E-state index in [2.05, 4.69) is 32.5 Å². The second-order valence-corrected chi connectivity index (χ2v) is 6.22. The van der Waals surface area contributed by atoms with Crippen molar-refractivity contribution in [3.63, 3.8) is 0 Å². The molecule has 0 fully saturated rings. The molecule has 0 saturated carbocycles. The van der Waals surface area contributed by atoms with Crippen LogP contribution in [0, 0.1) is 5.95 Å². The molecule has 0 aliphatic carbocycles. The van der Waals surface area contributed by atoms with Gasteiger partial charge in [-0.25, -0.2) is 9.50 Å². The van der Waals surface area contributed by atoms with Crippen molar-refractivity contribution >= 4 is 29.0 Å². The van der Waals surface area contributed by atoms with Crippen LogP contribution in [0.1, 0.15) is 0 Å². The molecular formula is C18H14FN5S. The summed E-state index contributed by atoms with van der Waals surface area (Å²) in [6.45, 7) is 0. The van der Waals surface area contributed by atoms with Crippen molar-refractivity contribution in [2.24, 2.45) is 0 Å². The molecule has 3 aromatic heterocycles. The summed E-state index contributed by atoms with van der Waals surface area (Å²) in [6, 6.07) is 17.0. The standard InChI is InChI=1S/C18H14FN5S/c1-25-14-5-2-4-12(10-14)15-6-3-7-17-22-18(23-24(15)17)21-13-8-9-16(19)20-11-13/h2-11H,1H3,(H,21,23). The zero-order chi connectivity index (χ0) is 17.2. The highest BCUT2D eigenvalue weighted by Crippen LogP contribution is 2.25. The minimum absolute atomic E-state index is 0.432. The Balaban J connectivity index is 1.74. The van der Waals surface area contributed by atoms with Gasteiger partial charge in [-0.05, 0) is 42.7 Å². The van der Waals surface area contributed by atoms with E-state index in [1.165, 1.54) is 17.2 Å². The fourth-order valence-electron chi connectivity index (χ4n) is 2.54. The third-order valence-electron chi connectivity index (χ3n) is 3.71. The third-order valence-corrected chi connectivity index (χ3v) is 4.43. The Morgan fingerprint density at radius 3 is 2.76 bits per heavy atom. The predicted molar refractivity (Wildman–Crippen MR) is 97.7 cm³/mol. The Morgan fingerprint density at radius 1 is 1.08 bits per heavy atom. The van der Waals surface area contributed by atoms with Crippen molar-refractivity contribution in [3.05, 3.63) is 66.7 Å². The number of anilines is 2. The molecule has 25 heavy (non-hydrogen) atoms. The zero-order valence-electron chi connectivity index (χ0n) is 13.3. The molecule has 0 amide bonds. The normalized spacial score (nSPS) is 11.0. The first-order valence-corrected chi connectivity index (χ1v) is 8.84. The molecule has 0 radical (unpaired) electrons. The van der Waals surface area contributed by atoms with E-state index in [0.29, 0.717) is 11.6 Å². The highest BCUT2D eigenvalue weighted by atomic mass is 32.2. The van der Waals surface area contributed by atoms with Gasteiger partial charge in [0.1, 0.15) is 0 Å². The lowest BCUT2D eigenvalue weighted by Gasteiger charge is -2.05. The highest BCUT2D eigenvalue weighted by Gasteiger charge is 2.09. The van der Waals surface area contributed by atoms with Gasteiger partial charge in [0.25, 0.3) is 0 Å². The first-order valence-electron chi connectivity index (χ1n) is 7.62. The van der Waals surface area contributed by atoms with Gasteiger partial charge in [-0.3, -0.25) is 0 Å². The van der Waals surface area contributed by atoms with Crippen LogP contribution in [-0.4, -0.2) is 25.8 Å². The molecule has 1 N–H and O–H groups in total. The molecule has 7 heteroatoms. The molecule has 0 bridgehead atoms. The summed E-state index contributed by atoms with van der Waals surface area (Å²) in [6.07, 6.45) is 3.46. The van der Waals surface area contributed by atoms with E-state index in [4.69, 9.17) is 0 Å². The fourth-order valence-corrected chi connectivity index (χ4v) is 3.00. The van der Waals surface area contributed by atoms with Crippen molar-refractivity contribution in [3.8, 4) is 11.3 Å². The number of rotatable bonds is 4. The number of fused-ring (bicyclic) bond motifs is 1. The van der Waals surface area contributed by atoms with Gasteiger partial charge in [-0.2, -0.15) is 9.37 Å². The number of halogens is 1. The second kappa shape index (κ2) is 6.52. The maximum Gasteiger partial charge on any atom is 0.247 e. The van der Waals surface area contributed by atoms with Crippen LogP contribution < -0.4 is 5.32 Å². The Bertz CT molecular complexity index is 1030. The fraction of sp³-hybridized carbons (Fsp3) is 0.0556. The number of benzene rings is 1. The number of nitrogens with zero attached hydrogens (tertiary/aromatic N) is 4. The van der Waals surface area contributed by atoms with E-state index in [0.717, 1.165) is 16.9 Å². The third kappa shape index (κ3) is 3.18. The largest absolute Gasteiger partial charge is 0.321 e. The van der Waals surface area contributed by atoms with Crippen LogP contribution >= 0.6 is 11.8 Å². The van der Waals surface area contributed by atoms with Gasteiger partial charge >= 0.3 is 0 Å². The minimum Gasteiger partial charge on any atom is -0.321 e. The number of pyridine rings is 2. The Hall–Kier alpha value is -2.93. The van der Waals surface area contributed by atoms with E-state index in [-0.39, 0.29) is 0 Å². The summed E-state index contributed by atoms with van der Waals surface area (Å²) < 4.78 is 14.7. The van der Waals surface area contributed by atoms with Crippen LogP contribution in [0.15, 0.2) is 65.7 Å². The topological polar surface area (TPSA) is 55.1 Å². The zero-order valence-corrected chi connectivity index (χ0v) is 14.2. The summed E-state index contributed by atoms with van der Waals surface area (Å²) in [7, 11) is 0. The van der Waals surface area contributed by atoms with Crippen LogP contribution in [0.3, 0.4) is 0 Å². The smallest absolute Gasteiger partial charge is 0.247 e. The van der Waals surface area contributed by atoms with Gasteiger partial charge in [0, 0.05) is 10.5 Å². The monoisotopic (exact) mass is 351 g/mol. The first-order chi connectivity index (χ1) is 12.2. The first kappa shape index (κ1) is 15.6. The SMILES string of the molecule is CSc1cccc(-c2cccc3nc(Nc4ccc(F)nc4)nn23)c1. The van der Waals surface area contributed by atoms with E-state index in [9.17, 15) is 4.39 Å². The summed E-state index contributed by atoms with van der Waals surface area (Å²) in [5, 5.41) is 7.57. The Morgan fingerprint density at radius 2 is 1.96 bits per heavy atom. The van der Waals surface area contributed by atoms with Gasteiger partial charge < -0.3 is 5.32 Å². The molecule has 0 aliphatic heterocycles. The van der Waals surface area contributed by atoms with Gasteiger partial charge in [0.15, 0.2) is 5.65 Å².